The Bertz CT molecular complexity index is 400. The van der Waals surface area contributed by atoms with Crippen molar-refractivity contribution in [1.29, 1.82) is 0 Å². The van der Waals surface area contributed by atoms with Crippen molar-refractivity contribution in [3.63, 3.8) is 0 Å². The van der Waals surface area contributed by atoms with Crippen molar-refractivity contribution < 1.29 is 8.78 Å². The van der Waals surface area contributed by atoms with Crippen LogP contribution in [0.2, 0.25) is 0 Å². The van der Waals surface area contributed by atoms with Gasteiger partial charge < -0.3 is 10.2 Å². The minimum Gasteiger partial charge on any atom is -0.364 e. The number of anilines is 1. The minimum absolute atomic E-state index is 0.0980. The summed E-state index contributed by atoms with van der Waals surface area (Å²) >= 11 is 3.10. The molecular weight excluding hydrogens is 302 g/mol. The van der Waals surface area contributed by atoms with Gasteiger partial charge >= 0.3 is 0 Å². The third-order valence-electron chi connectivity index (χ3n) is 3.19. The van der Waals surface area contributed by atoms with Crippen LogP contribution >= 0.6 is 15.9 Å². The van der Waals surface area contributed by atoms with E-state index < -0.39 is 11.6 Å². The minimum atomic E-state index is -0.501. The quantitative estimate of drug-likeness (QED) is 0.919. The molecular formula is C13H17BrF2N2. The van der Waals surface area contributed by atoms with Crippen molar-refractivity contribution in [2.24, 2.45) is 0 Å². The van der Waals surface area contributed by atoms with Gasteiger partial charge in [0.1, 0.15) is 5.69 Å². The Kier molecular flexibility index (Phi) is 4.56. The van der Waals surface area contributed by atoms with E-state index in [0.717, 1.165) is 19.4 Å². The first-order valence-electron chi connectivity index (χ1n) is 6.24. The molecule has 0 aliphatic carbocycles. The number of hydrogen-bond acceptors (Lipinski definition) is 2. The van der Waals surface area contributed by atoms with E-state index in [1.165, 1.54) is 12.1 Å². The van der Waals surface area contributed by atoms with Gasteiger partial charge in [-0.15, -0.1) is 0 Å². The van der Waals surface area contributed by atoms with Crippen LogP contribution in [0.3, 0.4) is 0 Å². The highest BCUT2D eigenvalue weighted by atomic mass is 79.9. The SMILES string of the molecule is CCCC1CN(c2c(F)cc(Br)cc2F)CCN1. The lowest BCUT2D eigenvalue weighted by atomic mass is 10.1. The van der Waals surface area contributed by atoms with Gasteiger partial charge in [-0.3, -0.25) is 0 Å². The average Bonchev–Trinajstić information content (AvgIpc) is 2.28. The van der Waals surface area contributed by atoms with Crippen LogP contribution in [0, 0.1) is 11.6 Å². The first-order valence-corrected chi connectivity index (χ1v) is 7.04. The molecule has 2 nitrogen and oxygen atoms in total. The Morgan fingerprint density at radius 1 is 1.39 bits per heavy atom. The van der Waals surface area contributed by atoms with Crippen molar-refractivity contribution in [2.45, 2.75) is 25.8 Å². The lowest BCUT2D eigenvalue weighted by molar-refractivity contribution is 0.423. The summed E-state index contributed by atoms with van der Waals surface area (Å²) in [5, 5.41) is 3.37. The largest absolute Gasteiger partial charge is 0.364 e. The normalized spacial score (nSPS) is 20.2. The molecule has 1 heterocycles. The summed E-state index contributed by atoms with van der Waals surface area (Å²) in [6.45, 7) is 4.17. The Morgan fingerprint density at radius 3 is 2.67 bits per heavy atom. The van der Waals surface area contributed by atoms with Crippen LogP contribution in [0.4, 0.5) is 14.5 Å². The number of piperazine rings is 1. The van der Waals surface area contributed by atoms with Crippen LogP contribution in [0.15, 0.2) is 16.6 Å². The number of benzene rings is 1. The van der Waals surface area contributed by atoms with Gasteiger partial charge in [-0.1, -0.05) is 29.3 Å². The molecule has 1 saturated heterocycles. The third kappa shape index (κ3) is 3.01. The highest BCUT2D eigenvalue weighted by molar-refractivity contribution is 9.10. The average molecular weight is 319 g/mol. The summed E-state index contributed by atoms with van der Waals surface area (Å²) < 4.78 is 28.2. The fraction of sp³-hybridized carbons (Fsp3) is 0.538. The van der Waals surface area contributed by atoms with Crippen LogP contribution in [-0.4, -0.2) is 25.7 Å². The van der Waals surface area contributed by atoms with E-state index >= 15 is 0 Å². The molecule has 1 N–H and O–H groups in total. The molecule has 2 rings (SSSR count). The van der Waals surface area contributed by atoms with E-state index in [1.807, 2.05) is 0 Å². The molecule has 0 spiro atoms. The first kappa shape index (κ1) is 13.7. The van der Waals surface area contributed by atoms with E-state index in [4.69, 9.17) is 0 Å². The van der Waals surface area contributed by atoms with Gasteiger partial charge in [-0.2, -0.15) is 0 Å². The molecule has 0 bridgehead atoms. The van der Waals surface area contributed by atoms with E-state index in [2.05, 4.69) is 28.2 Å². The summed E-state index contributed by atoms with van der Waals surface area (Å²) in [6, 6.07) is 2.94. The third-order valence-corrected chi connectivity index (χ3v) is 3.65. The van der Waals surface area contributed by atoms with E-state index in [-0.39, 0.29) is 5.69 Å². The second-order valence-corrected chi connectivity index (χ2v) is 5.52. The summed E-state index contributed by atoms with van der Waals surface area (Å²) in [5.41, 5.74) is 0.0980. The van der Waals surface area contributed by atoms with Gasteiger partial charge in [-0.25, -0.2) is 8.78 Å². The number of nitrogens with one attached hydrogen (secondary N) is 1. The summed E-state index contributed by atoms with van der Waals surface area (Å²) in [5.74, 6) is -1.00. The van der Waals surface area contributed by atoms with Gasteiger partial charge in [0.05, 0.1) is 0 Å². The van der Waals surface area contributed by atoms with Crippen molar-refractivity contribution >= 4 is 21.6 Å². The molecule has 1 aromatic carbocycles. The zero-order chi connectivity index (χ0) is 13.1. The second-order valence-electron chi connectivity index (χ2n) is 4.60. The van der Waals surface area contributed by atoms with Crippen molar-refractivity contribution in [2.75, 3.05) is 24.5 Å². The Labute approximate surface area is 114 Å². The zero-order valence-electron chi connectivity index (χ0n) is 10.3. The fourth-order valence-electron chi connectivity index (χ4n) is 2.41. The zero-order valence-corrected chi connectivity index (χ0v) is 11.9. The summed E-state index contributed by atoms with van der Waals surface area (Å²) in [4.78, 5) is 1.80. The smallest absolute Gasteiger partial charge is 0.150 e. The molecule has 1 atom stereocenters. The lowest BCUT2D eigenvalue weighted by Gasteiger charge is -2.35. The standard InChI is InChI=1S/C13H17BrF2N2/c1-2-3-10-8-18(5-4-17-10)13-11(15)6-9(14)7-12(13)16/h6-7,10,17H,2-5,8H2,1H3. The van der Waals surface area contributed by atoms with Gasteiger partial charge in [-0.05, 0) is 18.6 Å². The maximum atomic E-state index is 13.9. The second kappa shape index (κ2) is 5.97. The van der Waals surface area contributed by atoms with Gasteiger partial charge in [0.15, 0.2) is 11.6 Å². The summed E-state index contributed by atoms with van der Waals surface area (Å²) in [6.07, 6.45) is 2.09. The highest BCUT2D eigenvalue weighted by Crippen LogP contribution is 2.28. The maximum absolute atomic E-state index is 13.9. The molecule has 1 aliphatic rings. The van der Waals surface area contributed by atoms with E-state index in [0.29, 0.717) is 23.6 Å². The molecule has 1 fully saturated rings. The van der Waals surface area contributed by atoms with E-state index in [1.54, 1.807) is 4.90 Å². The van der Waals surface area contributed by atoms with E-state index in [9.17, 15) is 8.78 Å². The van der Waals surface area contributed by atoms with Crippen LogP contribution in [-0.2, 0) is 0 Å². The Morgan fingerprint density at radius 2 is 2.06 bits per heavy atom. The number of nitrogens with zero attached hydrogens (tertiary/aromatic N) is 1. The topological polar surface area (TPSA) is 15.3 Å². The predicted molar refractivity (Wildman–Crippen MR) is 73.0 cm³/mol. The molecule has 5 heteroatoms. The summed E-state index contributed by atoms with van der Waals surface area (Å²) in [7, 11) is 0. The molecule has 0 amide bonds. The molecule has 100 valence electrons. The number of rotatable bonds is 3. The molecule has 0 aromatic heterocycles. The van der Waals surface area contributed by atoms with Crippen molar-refractivity contribution in [3.8, 4) is 0 Å². The molecule has 1 unspecified atom stereocenters. The Balaban J connectivity index is 2.20. The molecule has 1 aliphatic heterocycles. The molecule has 0 radical (unpaired) electrons. The van der Waals surface area contributed by atoms with Crippen molar-refractivity contribution in [3.05, 3.63) is 28.2 Å². The van der Waals surface area contributed by atoms with Gasteiger partial charge in [0.2, 0.25) is 0 Å². The van der Waals surface area contributed by atoms with Crippen molar-refractivity contribution in [1.82, 2.24) is 5.32 Å². The predicted octanol–water partition coefficient (Wildman–Crippen LogP) is 3.31. The van der Waals surface area contributed by atoms with Crippen LogP contribution in [0.5, 0.6) is 0 Å². The van der Waals surface area contributed by atoms with Gasteiger partial charge in [0.25, 0.3) is 0 Å². The molecule has 0 saturated carbocycles. The number of hydrogen-bond donors (Lipinski definition) is 1. The molecule has 1 aromatic rings. The van der Waals surface area contributed by atoms with Gasteiger partial charge in [0, 0.05) is 30.1 Å². The number of halogens is 3. The molecule has 18 heavy (non-hydrogen) atoms. The monoisotopic (exact) mass is 318 g/mol. The highest BCUT2D eigenvalue weighted by Gasteiger charge is 2.23. The fourth-order valence-corrected chi connectivity index (χ4v) is 2.81. The Hall–Kier alpha value is -0.680. The lowest BCUT2D eigenvalue weighted by Crippen LogP contribution is -2.51. The van der Waals surface area contributed by atoms with Crippen LogP contribution in [0.1, 0.15) is 19.8 Å². The van der Waals surface area contributed by atoms with Crippen LogP contribution < -0.4 is 10.2 Å². The van der Waals surface area contributed by atoms with Crippen LogP contribution in [0.25, 0.3) is 0 Å². The first-order chi connectivity index (χ1) is 8.61. The maximum Gasteiger partial charge on any atom is 0.150 e.